The van der Waals surface area contributed by atoms with Crippen LogP contribution in [0.3, 0.4) is 0 Å². The lowest BCUT2D eigenvalue weighted by molar-refractivity contribution is 0.411. The predicted molar refractivity (Wildman–Crippen MR) is 110 cm³/mol. The Bertz CT molecular complexity index is 1070. The summed E-state index contributed by atoms with van der Waals surface area (Å²) in [7, 11) is 0. The van der Waals surface area contributed by atoms with Gasteiger partial charge in [0.15, 0.2) is 0 Å². The van der Waals surface area contributed by atoms with Crippen molar-refractivity contribution in [3.05, 3.63) is 65.9 Å². The summed E-state index contributed by atoms with van der Waals surface area (Å²) >= 11 is 1.88. The quantitative estimate of drug-likeness (QED) is 0.380. The fourth-order valence-corrected chi connectivity index (χ4v) is 4.77. The molecular weight excluding hydrogens is 322 g/mol. The van der Waals surface area contributed by atoms with Crippen LogP contribution in [-0.2, 0) is 6.42 Å². The van der Waals surface area contributed by atoms with Crippen molar-refractivity contribution >= 4 is 31.5 Å². The van der Waals surface area contributed by atoms with Gasteiger partial charge in [-0.25, -0.2) is 0 Å². The Morgan fingerprint density at radius 1 is 0.960 bits per heavy atom. The zero-order valence-electron chi connectivity index (χ0n) is 15.3. The van der Waals surface area contributed by atoms with Crippen molar-refractivity contribution in [1.82, 2.24) is 4.98 Å². The SMILES string of the molecule is Cc1ccc2c(c1)sc1c(-c3cc(CC(C)(C)C)ccn3)cccc12. The van der Waals surface area contributed by atoms with E-state index >= 15 is 0 Å². The molecule has 0 spiro atoms. The van der Waals surface area contributed by atoms with Crippen molar-refractivity contribution < 1.29 is 0 Å². The molecule has 2 aromatic heterocycles. The van der Waals surface area contributed by atoms with E-state index in [0.29, 0.717) is 0 Å². The first kappa shape index (κ1) is 16.3. The number of hydrogen-bond donors (Lipinski definition) is 0. The summed E-state index contributed by atoms with van der Waals surface area (Å²) < 4.78 is 2.69. The maximum absolute atomic E-state index is 4.68. The molecule has 0 radical (unpaired) electrons. The summed E-state index contributed by atoms with van der Waals surface area (Å²) in [5.74, 6) is 0. The second-order valence-electron chi connectivity index (χ2n) is 8.07. The highest BCUT2D eigenvalue weighted by Gasteiger charge is 2.14. The second kappa shape index (κ2) is 5.96. The van der Waals surface area contributed by atoms with Gasteiger partial charge >= 0.3 is 0 Å². The van der Waals surface area contributed by atoms with E-state index in [-0.39, 0.29) is 5.41 Å². The van der Waals surface area contributed by atoms with Crippen LogP contribution in [0.4, 0.5) is 0 Å². The number of rotatable bonds is 2. The zero-order chi connectivity index (χ0) is 17.6. The maximum Gasteiger partial charge on any atom is 0.0719 e. The Kier molecular flexibility index (Phi) is 3.88. The van der Waals surface area contributed by atoms with Gasteiger partial charge in [0.2, 0.25) is 0 Å². The minimum absolute atomic E-state index is 0.278. The number of pyridine rings is 1. The normalized spacial score (nSPS) is 12.2. The van der Waals surface area contributed by atoms with Crippen LogP contribution in [0.25, 0.3) is 31.4 Å². The van der Waals surface area contributed by atoms with Crippen LogP contribution >= 0.6 is 11.3 Å². The van der Waals surface area contributed by atoms with E-state index in [4.69, 9.17) is 0 Å². The molecule has 0 saturated heterocycles. The number of nitrogens with zero attached hydrogens (tertiary/aromatic N) is 1. The van der Waals surface area contributed by atoms with Crippen molar-refractivity contribution in [3.8, 4) is 11.3 Å². The van der Waals surface area contributed by atoms with Gasteiger partial charge in [-0.05, 0) is 48.1 Å². The van der Waals surface area contributed by atoms with Crippen LogP contribution < -0.4 is 0 Å². The number of hydrogen-bond acceptors (Lipinski definition) is 2. The van der Waals surface area contributed by atoms with Gasteiger partial charge in [-0.15, -0.1) is 11.3 Å². The summed E-state index contributed by atoms with van der Waals surface area (Å²) in [6.07, 6.45) is 3.01. The summed E-state index contributed by atoms with van der Waals surface area (Å²) in [5.41, 5.74) is 5.26. The van der Waals surface area contributed by atoms with Crippen LogP contribution in [-0.4, -0.2) is 4.98 Å². The van der Waals surface area contributed by atoms with Gasteiger partial charge in [0.25, 0.3) is 0 Å². The number of thiophene rings is 1. The molecule has 0 amide bonds. The van der Waals surface area contributed by atoms with Gasteiger partial charge in [-0.3, -0.25) is 4.98 Å². The van der Waals surface area contributed by atoms with E-state index in [1.54, 1.807) is 0 Å². The first-order valence-electron chi connectivity index (χ1n) is 8.78. The topological polar surface area (TPSA) is 12.9 Å². The van der Waals surface area contributed by atoms with E-state index in [1.165, 1.54) is 36.9 Å². The molecule has 126 valence electrons. The Hall–Kier alpha value is -2.19. The third-order valence-corrected chi connectivity index (χ3v) is 5.69. The largest absolute Gasteiger partial charge is 0.256 e. The molecule has 4 rings (SSSR count). The van der Waals surface area contributed by atoms with Crippen molar-refractivity contribution in [2.75, 3.05) is 0 Å². The monoisotopic (exact) mass is 345 g/mol. The first-order chi connectivity index (χ1) is 11.9. The third kappa shape index (κ3) is 3.19. The molecule has 2 heteroatoms. The molecule has 0 aliphatic carbocycles. The molecule has 0 unspecified atom stereocenters. The average Bonchev–Trinajstić information content (AvgIpc) is 2.90. The Morgan fingerprint density at radius 3 is 2.60 bits per heavy atom. The molecule has 0 N–H and O–H groups in total. The molecule has 0 bridgehead atoms. The van der Waals surface area contributed by atoms with Crippen molar-refractivity contribution in [2.24, 2.45) is 5.41 Å². The summed E-state index contributed by atoms with van der Waals surface area (Å²) in [4.78, 5) is 4.68. The van der Waals surface area contributed by atoms with Gasteiger partial charge < -0.3 is 0 Å². The summed E-state index contributed by atoms with van der Waals surface area (Å²) in [5, 5.41) is 2.68. The van der Waals surface area contributed by atoms with Crippen LogP contribution in [0.15, 0.2) is 54.7 Å². The highest BCUT2D eigenvalue weighted by Crippen LogP contribution is 2.39. The lowest BCUT2D eigenvalue weighted by atomic mass is 9.88. The fourth-order valence-electron chi connectivity index (χ4n) is 3.45. The lowest BCUT2D eigenvalue weighted by Gasteiger charge is -2.18. The molecule has 0 atom stereocenters. The predicted octanol–water partition coefficient (Wildman–Crippen LogP) is 7.01. The molecule has 25 heavy (non-hydrogen) atoms. The van der Waals surface area contributed by atoms with Gasteiger partial charge in [0.05, 0.1) is 5.69 Å². The smallest absolute Gasteiger partial charge is 0.0719 e. The van der Waals surface area contributed by atoms with Gasteiger partial charge in [-0.1, -0.05) is 51.1 Å². The molecule has 1 nitrogen and oxygen atoms in total. The van der Waals surface area contributed by atoms with E-state index in [0.717, 1.165) is 12.1 Å². The Morgan fingerprint density at radius 2 is 1.80 bits per heavy atom. The number of aromatic nitrogens is 1. The van der Waals surface area contributed by atoms with Crippen LogP contribution in [0.1, 0.15) is 31.9 Å². The van der Waals surface area contributed by atoms with Crippen LogP contribution in [0, 0.1) is 12.3 Å². The van der Waals surface area contributed by atoms with E-state index < -0.39 is 0 Å². The molecular formula is C23H23NS. The standard InChI is InChI=1S/C23H23NS/c1-15-8-9-17-18-6-5-7-19(22(18)25-21(17)12-15)20-13-16(10-11-24-20)14-23(2,3)4/h5-13H,14H2,1-4H3. The van der Waals surface area contributed by atoms with Gasteiger partial charge in [0, 0.05) is 31.9 Å². The fraction of sp³-hybridized carbons (Fsp3) is 0.261. The zero-order valence-corrected chi connectivity index (χ0v) is 16.1. The molecule has 0 aliphatic rings. The van der Waals surface area contributed by atoms with Crippen LogP contribution in [0.5, 0.6) is 0 Å². The average molecular weight is 346 g/mol. The van der Waals surface area contributed by atoms with Crippen molar-refractivity contribution in [2.45, 2.75) is 34.1 Å². The summed E-state index contributed by atoms with van der Waals surface area (Å²) in [6.45, 7) is 8.99. The lowest BCUT2D eigenvalue weighted by Crippen LogP contribution is -2.09. The van der Waals surface area contributed by atoms with E-state index in [2.05, 4.69) is 81.2 Å². The summed E-state index contributed by atoms with van der Waals surface area (Å²) in [6, 6.07) is 17.7. The Balaban J connectivity index is 1.89. The van der Waals surface area contributed by atoms with Gasteiger partial charge in [0.1, 0.15) is 0 Å². The third-order valence-electron chi connectivity index (χ3n) is 4.49. The van der Waals surface area contributed by atoms with Crippen molar-refractivity contribution in [3.63, 3.8) is 0 Å². The first-order valence-corrected chi connectivity index (χ1v) is 9.60. The molecule has 4 aromatic rings. The molecule has 0 aliphatic heterocycles. The highest BCUT2D eigenvalue weighted by atomic mass is 32.1. The molecule has 2 aromatic carbocycles. The van der Waals surface area contributed by atoms with Crippen molar-refractivity contribution in [1.29, 1.82) is 0 Å². The molecule has 2 heterocycles. The second-order valence-corrected chi connectivity index (χ2v) is 9.12. The van der Waals surface area contributed by atoms with Gasteiger partial charge in [-0.2, -0.15) is 0 Å². The Labute approximate surface area is 153 Å². The molecule has 0 saturated carbocycles. The minimum atomic E-state index is 0.278. The van der Waals surface area contributed by atoms with Crippen LogP contribution in [0.2, 0.25) is 0 Å². The number of aryl methyl sites for hydroxylation is 1. The molecule has 0 fully saturated rings. The van der Waals surface area contributed by atoms with E-state index in [1.807, 2.05) is 17.5 Å². The minimum Gasteiger partial charge on any atom is -0.256 e. The number of benzene rings is 2. The highest BCUT2D eigenvalue weighted by molar-refractivity contribution is 7.26. The number of fused-ring (bicyclic) bond motifs is 3. The van der Waals surface area contributed by atoms with E-state index in [9.17, 15) is 0 Å². The maximum atomic E-state index is 4.68.